The largest absolute Gasteiger partial charge is 0.421 e. The van der Waals surface area contributed by atoms with Crippen LogP contribution in [-0.4, -0.2) is 31.7 Å². The Labute approximate surface area is 205 Å². The van der Waals surface area contributed by atoms with Crippen LogP contribution >= 0.6 is 0 Å². The van der Waals surface area contributed by atoms with Crippen LogP contribution in [0.4, 0.5) is 13.2 Å². The number of ether oxygens (including phenoxy) is 1. The molecule has 10 heteroatoms. The van der Waals surface area contributed by atoms with Crippen molar-refractivity contribution in [1.29, 1.82) is 0 Å². The minimum Gasteiger partial charge on any atom is -0.421 e. The second-order valence-corrected chi connectivity index (χ2v) is 9.99. The van der Waals surface area contributed by atoms with Gasteiger partial charge < -0.3 is 10.5 Å². The van der Waals surface area contributed by atoms with Gasteiger partial charge in [-0.15, -0.1) is 0 Å². The fraction of sp³-hybridized carbons (Fsp3) is 0.154. The van der Waals surface area contributed by atoms with E-state index in [-0.39, 0.29) is 45.8 Å². The molecule has 4 aromatic rings. The van der Waals surface area contributed by atoms with Crippen molar-refractivity contribution in [3.63, 3.8) is 0 Å². The summed E-state index contributed by atoms with van der Waals surface area (Å²) in [6.07, 6.45) is -3.43. The Bertz CT molecular complexity index is 1520. The summed E-state index contributed by atoms with van der Waals surface area (Å²) in [4.78, 5) is 16.7. The molecule has 0 saturated heterocycles. The van der Waals surface area contributed by atoms with Crippen molar-refractivity contribution in [3.05, 3.63) is 90.1 Å². The summed E-state index contributed by atoms with van der Waals surface area (Å²) in [5, 5.41) is 0.0908. The number of nitrogens with two attached hydrogens (primary N) is 1. The van der Waals surface area contributed by atoms with Crippen LogP contribution in [0.5, 0.6) is 5.75 Å². The second kappa shape index (κ2) is 10.1. The van der Waals surface area contributed by atoms with Crippen molar-refractivity contribution < 1.29 is 31.1 Å². The van der Waals surface area contributed by atoms with Gasteiger partial charge in [-0.2, -0.15) is 13.2 Å². The zero-order valence-electron chi connectivity index (χ0n) is 18.8. The number of alkyl halides is 3. The van der Waals surface area contributed by atoms with Gasteiger partial charge in [-0.25, -0.2) is 13.2 Å². The van der Waals surface area contributed by atoms with E-state index >= 15 is 0 Å². The number of carbonyl (C=O) groups excluding carboxylic acids is 1. The maximum Gasteiger partial charge on any atom is 0.418 e. The summed E-state index contributed by atoms with van der Waals surface area (Å²) in [5.41, 5.74) is 5.11. The third-order valence-corrected chi connectivity index (χ3v) is 7.32. The molecular weight excluding hydrogens is 493 g/mol. The average molecular weight is 515 g/mol. The lowest BCUT2D eigenvalue weighted by Crippen LogP contribution is -2.16. The van der Waals surface area contributed by atoms with Gasteiger partial charge in [0.25, 0.3) is 0 Å². The molecule has 0 radical (unpaired) electrons. The van der Waals surface area contributed by atoms with Gasteiger partial charge in [-0.3, -0.25) is 4.98 Å². The lowest BCUT2D eigenvalue weighted by Gasteiger charge is -2.16. The molecule has 36 heavy (non-hydrogen) atoms. The van der Waals surface area contributed by atoms with E-state index in [4.69, 9.17) is 10.5 Å². The van der Waals surface area contributed by atoms with Crippen LogP contribution in [0, 0.1) is 0 Å². The molecule has 6 nitrogen and oxygen atoms in total. The summed E-state index contributed by atoms with van der Waals surface area (Å²) in [7, 11) is -3.91. The molecule has 0 atom stereocenters. The van der Waals surface area contributed by atoms with E-state index in [2.05, 4.69) is 4.98 Å². The predicted octanol–water partition coefficient (Wildman–Crippen LogP) is 5.26. The van der Waals surface area contributed by atoms with E-state index in [1.54, 1.807) is 42.5 Å². The van der Waals surface area contributed by atoms with Crippen molar-refractivity contribution >= 4 is 26.7 Å². The third-order valence-electron chi connectivity index (χ3n) is 5.45. The number of aromatic nitrogens is 1. The maximum atomic E-state index is 13.3. The molecular formula is C26H21F3N2O4S. The highest BCUT2D eigenvalue weighted by Crippen LogP contribution is 2.37. The molecule has 0 aliphatic carbocycles. The van der Waals surface area contributed by atoms with Crippen molar-refractivity contribution in [2.24, 2.45) is 5.73 Å². The molecule has 2 N–H and O–H groups in total. The van der Waals surface area contributed by atoms with Gasteiger partial charge in [0.15, 0.2) is 15.6 Å². The molecule has 1 heterocycles. The summed E-state index contributed by atoms with van der Waals surface area (Å²) >= 11 is 0. The molecule has 3 aromatic carbocycles. The van der Waals surface area contributed by atoms with Crippen molar-refractivity contribution in [1.82, 2.24) is 4.98 Å². The van der Waals surface area contributed by atoms with E-state index in [1.165, 1.54) is 24.3 Å². The van der Waals surface area contributed by atoms with Crippen LogP contribution in [0.25, 0.3) is 22.0 Å². The monoisotopic (exact) mass is 514 g/mol. The van der Waals surface area contributed by atoms with Crippen LogP contribution in [-0.2, 0) is 16.0 Å². The van der Waals surface area contributed by atoms with Crippen molar-refractivity contribution in [3.8, 4) is 16.9 Å². The minimum absolute atomic E-state index is 0.0908. The molecule has 0 spiro atoms. The molecule has 4 rings (SSSR count). The van der Waals surface area contributed by atoms with E-state index < -0.39 is 27.5 Å². The molecule has 0 unspecified atom stereocenters. The predicted molar refractivity (Wildman–Crippen MR) is 129 cm³/mol. The Morgan fingerprint density at radius 1 is 0.972 bits per heavy atom. The Balaban J connectivity index is 1.77. The van der Waals surface area contributed by atoms with Gasteiger partial charge in [-0.05, 0) is 36.7 Å². The van der Waals surface area contributed by atoms with E-state index in [1.807, 2.05) is 0 Å². The highest BCUT2D eigenvalue weighted by Gasteiger charge is 2.33. The standard InChI is InChI=1S/C26H21F3N2O4S/c27-26(28,29)21-11-4-9-18-15-19(16-31-23(18)21)25(32)35-22-12-5-10-20(17-7-2-1-3-8-17)24(22)36(33,34)14-6-13-30/h1-5,7-12,15-16H,6,13-14,30H2. The minimum atomic E-state index is -4.61. The number of fused-ring (bicyclic) bond motifs is 1. The number of rotatable bonds is 7. The smallest absolute Gasteiger partial charge is 0.418 e. The van der Waals surface area contributed by atoms with Gasteiger partial charge in [-0.1, -0.05) is 54.6 Å². The zero-order valence-corrected chi connectivity index (χ0v) is 19.6. The lowest BCUT2D eigenvalue weighted by atomic mass is 10.1. The molecule has 186 valence electrons. The molecule has 0 bridgehead atoms. The van der Waals surface area contributed by atoms with Gasteiger partial charge in [0.05, 0.1) is 22.4 Å². The number of pyridine rings is 1. The van der Waals surface area contributed by atoms with Crippen LogP contribution < -0.4 is 10.5 Å². The molecule has 0 saturated carbocycles. The van der Waals surface area contributed by atoms with Gasteiger partial charge >= 0.3 is 12.1 Å². The first-order valence-corrected chi connectivity index (χ1v) is 12.6. The van der Waals surface area contributed by atoms with Crippen molar-refractivity contribution in [2.75, 3.05) is 12.3 Å². The van der Waals surface area contributed by atoms with Gasteiger partial charge in [0, 0.05) is 17.1 Å². The average Bonchev–Trinajstić information content (AvgIpc) is 2.86. The number of nitrogens with zero attached hydrogens (tertiary/aromatic N) is 1. The second-order valence-electron chi connectivity index (χ2n) is 7.95. The topological polar surface area (TPSA) is 99.4 Å². The Morgan fingerprint density at radius 2 is 1.69 bits per heavy atom. The molecule has 0 amide bonds. The third kappa shape index (κ3) is 5.24. The van der Waals surface area contributed by atoms with Crippen LogP contribution in [0.15, 0.2) is 83.9 Å². The van der Waals surface area contributed by atoms with Crippen molar-refractivity contribution in [2.45, 2.75) is 17.5 Å². The number of benzene rings is 3. The fourth-order valence-electron chi connectivity index (χ4n) is 3.80. The zero-order chi connectivity index (χ0) is 25.9. The molecule has 1 aromatic heterocycles. The number of hydrogen-bond donors (Lipinski definition) is 1. The highest BCUT2D eigenvalue weighted by molar-refractivity contribution is 7.91. The van der Waals surface area contributed by atoms with E-state index in [9.17, 15) is 26.4 Å². The lowest BCUT2D eigenvalue weighted by molar-refractivity contribution is -0.136. The normalized spacial score (nSPS) is 12.0. The van der Waals surface area contributed by atoms with Gasteiger partial charge in [0.1, 0.15) is 4.90 Å². The summed E-state index contributed by atoms with van der Waals surface area (Å²) < 4.78 is 71.9. The number of para-hydroxylation sites is 1. The Morgan fingerprint density at radius 3 is 2.39 bits per heavy atom. The van der Waals surface area contributed by atoms with Gasteiger partial charge in [0.2, 0.25) is 0 Å². The van der Waals surface area contributed by atoms with Crippen LogP contribution in [0.3, 0.4) is 0 Å². The first-order chi connectivity index (χ1) is 17.1. The number of hydrogen-bond acceptors (Lipinski definition) is 6. The number of carbonyl (C=O) groups is 1. The Hall–Kier alpha value is -3.76. The van der Waals surface area contributed by atoms with Crippen LogP contribution in [0.1, 0.15) is 22.3 Å². The molecule has 0 aliphatic heterocycles. The summed E-state index contributed by atoms with van der Waals surface area (Å²) in [6.45, 7) is 0.157. The first kappa shape index (κ1) is 25.3. The highest BCUT2D eigenvalue weighted by atomic mass is 32.2. The quantitative estimate of drug-likeness (QED) is 0.267. The maximum absolute atomic E-state index is 13.3. The number of sulfone groups is 1. The first-order valence-electron chi connectivity index (χ1n) is 10.9. The fourth-order valence-corrected chi connectivity index (χ4v) is 5.49. The van der Waals surface area contributed by atoms with Crippen LogP contribution in [0.2, 0.25) is 0 Å². The summed E-state index contributed by atoms with van der Waals surface area (Å²) in [6, 6.07) is 18.0. The number of esters is 1. The Kier molecular flexibility index (Phi) is 7.09. The van der Waals surface area contributed by atoms with E-state index in [0.717, 1.165) is 12.3 Å². The SMILES string of the molecule is NCCCS(=O)(=O)c1c(OC(=O)c2cnc3c(C(F)(F)F)cccc3c2)cccc1-c1ccccc1. The molecule has 0 aliphatic rings. The number of halogens is 3. The van der Waals surface area contributed by atoms with E-state index in [0.29, 0.717) is 11.1 Å². The summed E-state index contributed by atoms with van der Waals surface area (Å²) in [5.74, 6) is -1.40. The molecule has 0 fully saturated rings.